The molecule has 1 aromatic heterocycles. The van der Waals surface area contributed by atoms with Crippen LogP contribution in [-0.2, 0) is 0 Å². The largest absolute Gasteiger partial charge is 0.353 e. The minimum atomic E-state index is -0.222. The Bertz CT molecular complexity index is 242. The van der Waals surface area contributed by atoms with E-state index in [9.17, 15) is 4.79 Å². The molecule has 0 aliphatic rings. The van der Waals surface area contributed by atoms with E-state index in [0.29, 0.717) is 5.69 Å². The van der Waals surface area contributed by atoms with Gasteiger partial charge < -0.3 is 10.3 Å². The number of nitrogens with two attached hydrogens (primary N) is 1. The lowest BCUT2D eigenvalue weighted by Crippen LogP contribution is -2.12. The summed E-state index contributed by atoms with van der Waals surface area (Å²) in [4.78, 5) is 10.8. The first kappa shape index (κ1) is 6.95. The molecule has 0 saturated heterocycles. The van der Waals surface area contributed by atoms with E-state index < -0.39 is 0 Å². The topological polar surface area (TPSA) is 69.1 Å². The number of carbonyl (C=O) groups is 1. The Morgan fingerprint density at radius 1 is 1.90 bits per heavy atom. The number of carbonyl (C=O) groups excluding carboxylic acids is 1. The maximum atomic E-state index is 10.8. The monoisotopic (exact) mass is 140 g/mol. The van der Waals surface area contributed by atoms with Crippen LogP contribution >= 0.6 is 0 Å². The molecule has 0 radical (unpaired) electrons. The number of Topliss-reactive ketones (excluding diaryl/α,β-unsaturated/α-hetero) is 1. The molecule has 0 unspecified atom stereocenters. The zero-order valence-electron chi connectivity index (χ0n) is 5.63. The van der Waals surface area contributed by atoms with Crippen molar-refractivity contribution in [3.05, 3.63) is 17.5 Å². The molecule has 1 heterocycles. The van der Waals surface area contributed by atoms with Crippen LogP contribution in [0.4, 0.5) is 0 Å². The van der Waals surface area contributed by atoms with Crippen molar-refractivity contribution in [1.82, 2.24) is 5.16 Å². The number of aromatic nitrogens is 1. The summed E-state index contributed by atoms with van der Waals surface area (Å²) < 4.78 is 4.64. The fourth-order valence-corrected chi connectivity index (χ4v) is 0.596. The lowest BCUT2D eigenvalue weighted by atomic mass is 10.3. The number of ketones is 1. The van der Waals surface area contributed by atoms with Gasteiger partial charge in [-0.3, -0.25) is 4.79 Å². The van der Waals surface area contributed by atoms with Gasteiger partial charge in [0.05, 0.1) is 12.2 Å². The number of hydrogen-bond donors (Lipinski definition) is 1. The van der Waals surface area contributed by atoms with Crippen LogP contribution in [0, 0.1) is 6.92 Å². The van der Waals surface area contributed by atoms with Crippen molar-refractivity contribution >= 4 is 5.78 Å². The van der Waals surface area contributed by atoms with E-state index in [0.717, 1.165) is 0 Å². The lowest BCUT2D eigenvalue weighted by Gasteiger charge is -1.84. The van der Waals surface area contributed by atoms with Crippen LogP contribution in [0.15, 0.2) is 10.6 Å². The van der Waals surface area contributed by atoms with Crippen molar-refractivity contribution in [2.45, 2.75) is 6.92 Å². The lowest BCUT2D eigenvalue weighted by molar-refractivity contribution is 0.0966. The van der Waals surface area contributed by atoms with E-state index in [1.54, 1.807) is 13.0 Å². The van der Waals surface area contributed by atoms with Gasteiger partial charge in [0.25, 0.3) is 0 Å². The maximum absolute atomic E-state index is 10.8. The second-order valence-corrected chi connectivity index (χ2v) is 1.96. The van der Waals surface area contributed by atoms with Crippen molar-refractivity contribution in [2.24, 2.45) is 5.73 Å². The van der Waals surface area contributed by atoms with E-state index in [-0.39, 0.29) is 18.1 Å². The van der Waals surface area contributed by atoms with E-state index in [1.807, 2.05) is 0 Å². The first-order valence-corrected chi connectivity index (χ1v) is 2.90. The van der Waals surface area contributed by atoms with Crippen molar-refractivity contribution in [2.75, 3.05) is 6.54 Å². The summed E-state index contributed by atoms with van der Waals surface area (Å²) in [5.74, 6) is 0.0144. The standard InChI is InChI=1S/C6H8N2O2/c1-4-2-6(10-8-4)5(9)3-7/h2H,3,7H2,1H3. The highest BCUT2D eigenvalue weighted by Gasteiger charge is 2.07. The van der Waals surface area contributed by atoms with Crippen molar-refractivity contribution < 1.29 is 9.32 Å². The van der Waals surface area contributed by atoms with Crippen molar-refractivity contribution in [3.63, 3.8) is 0 Å². The van der Waals surface area contributed by atoms with Crippen LogP contribution in [0.5, 0.6) is 0 Å². The number of aryl methyl sites for hydroxylation is 1. The van der Waals surface area contributed by atoms with Gasteiger partial charge in [0.15, 0.2) is 0 Å². The average molecular weight is 140 g/mol. The first-order valence-electron chi connectivity index (χ1n) is 2.90. The van der Waals surface area contributed by atoms with Gasteiger partial charge in [-0.25, -0.2) is 0 Å². The van der Waals surface area contributed by atoms with E-state index in [4.69, 9.17) is 5.73 Å². The molecule has 4 heteroatoms. The van der Waals surface area contributed by atoms with Crippen LogP contribution in [-0.4, -0.2) is 17.5 Å². The van der Waals surface area contributed by atoms with Gasteiger partial charge in [-0.05, 0) is 6.92 Å². The molecule has 2 N–H and O–H groups in total. The summed E-state index contributed by atoms with van der Waals surface area (Å²) in [6.07, 6.45) is 0. The second-order valence-electron chi connectivity index (χ2n) is 1.96. The molecular weight excluding hydrogens is 132 g/mol. The Balaban J connectivity index is 2.85. The normalized spacial score (nSPS) is 9.80. The van der Waals surface area contributed by atoms with Crippen LogP contribution < -0.4 is 5.73 Å². The third kappa shape index (κ3) is 1.22. The fourth-order valence-electron chi connectivity index (χ4n) is 0.596. The van der Waals surface area contributed by atoms with Gasteiger partial charge in [0.1, 0.15) is 0 Å². The van der Waals surface area contributed by atoms with Gasteiger partial charge in [0, 0.05) is 6.07 Å². The molecule has 0 fully saturated rings. The summed E-state index contributed by atoms with van der Waals surface area (Å²) in [5.41, 5.74) is 5.77. The Morgan fingerprint density at radius 2 is 2.60 bits per heavy atom. The Labute approximate surface area is 58.0 Å². The summed E-state index contributed by atoms with van der Waals surface area (Å²) in [6.45, 7) is 1.71. The average Bonchev–Trinajstić information content (AvgIpc) is 2.34. The van der Waals surface area contributed by atoms with Gasteiger partial charge >= 0.3 is 0 Å². The Hall–Kier alpha value is -1.16. The first-order chi connectivity index (χ1) is 4.74. The molecule has 1 aromatic rings. The highest BCUT2D eigenvalue weighted by Crippen LogP contribution is 2.01. The van der Waals surface area contributed by atoms with Gasteiger partial charge in [-0.15, -0.1) is 0 Å². The molecule has 0 aliphatic heterocycles. The molecule has 4 nitrogen and oxygen atoms in total. The van der Waals surface area contributed by atoms with Gasteiger partial charge in [-0.2, -0.15) is 0 Å². The third-order valence-corrected chi connectivity index (χ3v) is 1.09. The SMILES string of the molecule is Cc1cc(C(=O)CN)on1. The molecule has 54 valence electrons. The number of hydrogen-bond acceptors (Lipinski definition) is 4. The molecule has 0 aromatic carbocycles. The highest BCUT2D eigenvalue weighted by molar-refractivity contribution is 5.94. The third-order valence-electron chi connectivity index (χ3n) is 1.09. The summed E-state index contributed by atoms with van der Waals surface area (Å²) in [5, 5.41) is 3.53. The molecule has 0 atom stereocenters. The zero-order valence-corrected chi connectivity index (χ0v) is 5.63. The Kier molecular flexibility index (Phi) is 1.82. The van der Waals surface area contributed by atoms with Crippen LogP contribution in [0.3, 0.4) is 0 Å². The van der Waals surface area contributed by atoms with E-state index >= 15 is 0 Å². The highest BCUT2D eigenvalue weighted by atomic mass is 16.5. The fraction of sp³-hybridized carbons (Fsp3) is 0.333. The molecule has 0 spiro atoms. The number of nitrogens with zero attached hydrogens (tertiary/aromatic N) is 1. The predicted molar refractivity (Wildman–Crippen MR) is 34.6 cm³/mol. The summed E-state index contributed by atoms with van der Waals surface area (Å²) >= 11 is 0. The molecule has 0 saturated carbocycles. The minimum Gasteiger partial charge on any atom is -0.353 e. The predicted octanol–water partition coefficient (Wildman–Crippen LogP) is 0.124. The van der Waals surface area contributed by atoms with E-state index in [1.165, 1.54) is 0 Å². The minimum absolute atomic E-state index is 0.0331. The van der Waals surface area contributed by atoms with Crippen LogP contribution in [0.25, 0.3) is 0 Å². The summed E-state index contributed by atoms with van der Waals surface area (Å²) in [7, 11) is 0. The van der Waals surface area contributed by atoms with Crippen molar-refractivity contribution in [3.8, 4) is 0 Å². The van der Waals surface area contributed by atoms with Gasteiger partial charge in [0.2, 0.25) is 11.5 Å². The van der Waals surface area contributed by atoms with Crippen molar-refractivity contribution in [1.29, 1.82) is 0 Å². The maximum Gasteiger partial charge on any atom is 0.214 e. The Morgan fingerprint density at radius 3 is 3.00 bits per heavy atom. The zero-order chi connectivity index (χ0) is 7.56. The molecule has 0 aliphatic carbocycles. The molecule has 0 amide bonds. The molecular formula is C6H8N2O2. The quantitative estimate of drug-likeness (QED) is 0.592. The molecule has 10 heavy (non-hydrogen) atoms. The van der Waals surface area contributed by atoms with E-state index in [2.05, 4.69) is 9.68 Å². The van der Waals surface area contributed by atoms with Crippen LogP contribution in [0.1, 0.15) is 16.2 Å². The number of rotatable bonds is 2. The van der Waals surface area contributed by atoms with Crippen LogP contribution in [0.2, 0.25) is 0 Å². The smallest absolute Gasteiger partial charge is 0.214 e. The van der Waals surface area contributed by atoms with Gasteiger partial charge in [-0.1, -0.05) is 5.16 Å². The summed E-state index contributed by atoms with van der Waals surface area (Å²) in [6, 6.07) is 1.56. The molecule has 0 bridgehead atoms. The second kappa shape index (κ2) is 2.62. The molecule has 1 rings (SSSR count).